The molecule has 2 aromatic carbocycles. The van der Waals surface area contributed by atoms with E-state index in [0.29, 0.717) is 28.9 Å². The number of benzene rings is 2. The molecule has 0 atom stereocenters. The Kier molecular flexibility index (Phi) is 4.66. The van der Waals surface area contributed by atoms with Crippen LogP contribution in [0.3, 0.4) is 0 Å². The van der Waals surface area contributed by atoms with Crippen molar-refractivity contribution in [3.05, 3.63) is 48.0 Å². The van der Waals surface area contributed by atoms with Crippen LogP contribution in [0.2, 0.25) is 0 Å². The SMILES string of the molecule is O=C1COc2ccc(NC(=O)c3ccccc3SC(F)F)cc2N1. The van der Waals surface area contributed by atoms with Gasteiger partial charge in [0.25, 0.3) is 17.6 Å². The molecule has 0 aromatic heterocycles. The van der Waals surface area contributed by atoms with Crippen LogP contribution in [0.15, 0.2) is 47.4 Å². The van der Waals surface area contributed by atoms with Gasteiger partial charge in [0, 0.05) is 10.6 Å². The number of amides is 2. The number of rotatable bonds is 4. The number of nitrogens with one attached hydrogen (secondary N) is 2. The zero-order chi connectivity index (χ0) is 17.1. The smallest absolute Gasteiger partial charge is 0.288 e. The maximum Gasteiger partial charge on any atom is 0.288 e. The van der Waals surface area contributed by atoms with Gasteiger partial charge < -0.3 is 15.4 Å². The van der Waals surface area contributed by atoms with Crippen LogP contribution in [0, 0.1) is 0 Å². The molecule has 1 aliphatic rings. The number of thioether (sulfide) groups is 1. The maximum atomic E-state index is 12.6. The molecule has 8 heteroatoms. The highest BCUT2D eigenvalue weighted by Gasteiger charge is 2.18. The van der Waals surface area contributed by atoms with Crippen molar-refractivity contribution in [2.75, 3.05) is 17.2 Å². The quantitative estimate of drug-likeness (QED) is 0.827. The second kappa shape index (κ2) is 6.88. The van der Waals surface area contributed by atoms with Crippen molar-refractivity contribution in [2.45, 2.75) is 10.7 Å². The molecule has 0 spiro atoms. The second-order valence-electron chi connectivity index (χ2n) is 4.88. The fourth-order valence-electron chi connectivity index (χ4n) is 2.21. The van der Waals surface area contributed by atoms with Crippen molar-refractivity contribution in [1.29, 1.82) is 0 Å². The summed E-state index contributed by atoms with van der Waals surface area (Å²) >= 11 is 0.316. The summed E-state index contributed by atoms with van der Waals surface area (Å²) in [5.74, 6) is -2.91. The van der Waals surface area contributed by atoms with Gasteiger partial charge in [-0.1, -0.05) is 23.9 Å². The van der Waals surface area contributed by atoms with E-state index in [1.807, 2.05) is 0 Å². The lowest BCUT2D eigenvalue weighted by atomic mass is 10.2. The van der Waals surface area contributed by atoms with E-state index in [9.17, 15) is 18.4 Å². The first kappa shape index (κ1) is 16.3. The lowest BCUT2D eigenvalue weighted by Gasteiger charge is -2.18. The minimum Gasteiger partial charge on any atom is -0.482 e. The standard InChI is InChI=1S/C16H12F2N2O3S/c17-16(18)24-13-4-2-1-3-10(13)15(22)19-9-5-6-12-11(7-9)20-14(21)8-23-12/h1-7,16H,8H2,(H,19,22)(H,20,21). The van der Waals surface area contributed by atoms with Gasteiger partial charge in [-0.15, -0.1) is 0 Å². The largest absolute Gasteiger partial charge is 0.482 e. The van der Waals surface area contributed by atoms with E-state index in [1.54, 1.807) is 30.3 Å². The van der Waals surface area contributed by atoms with E-state index in [-0.39, 0.29) is 23.0 Å². The van der Waals surface area contributed by atoms with Gasteiger partial charge in [0.05, 0.1) is 11.3 Å². The van der Waals surface area contributed by atoms with E-state index in [4.69, 9.17) is 4.74 Å². The molecule has 1 heterocycles. The molecule has 24 heavy (non-hydrogen) atoms. The van der Waals surface area contributed by atoms with Crippen molar-refractivity contribution in [1.82, 2.24) is 0 Å². The maximum absolute atomic E-state index is 12.6. The molecular formula is C16H12F2N2O3S. The number of fused-ring (bicyclic) bond motifs is 1. The molecule has 124 valence electrons. The van der Waals surface area contributed by atoms with Crippen LogP contribution in [0.25, 0.3) is 0 Å². The van der Waals surface area contributed by atoms with Crippen molar-refractivity contribution in [2.24, 2.45) is 0 Å². The van der Waals surface area contributed by atoms with Crippen LogP contribution in [-0.4, -0.2) is 24.2 Å². The molecular weight excluding hydrogens is 338 g/mol. The Balaban J connectivity index is 1.81. The molecule has 0 fully saturated rings. The van der Waals surface area contributed by atoms with Gasteiger partial charge >= 0.3 is 0 Å². The van der Waals surface area contributed by atoms with E-state index in [1.165, 1.54) is 12.1 Å². The van der Waals surface area contributed by atoms with Crippen molar-refractivity contribution < 1.29 is 23.1 Å². The van der Waals surface area contributed by atoms with Gasteiger partial charge in [0.15, 0.2) is 6.61 Å². The van der Waals surface area contributed by atoms with Gasteiger partial charge in [-0.3, -0.25) is 9.59 Å². The first-order valence-corrected chi connectivity index (χ1v) is 7.83. The number of halogens is 2. The molecule has 1 aliphatic heterocycles. The van der Waals surface area contributed by atoms with Crippen LogP contribution in [-0.2, 0) is 4.79 Å². The second-order valence-corrected chi connectivity index (χ2v) is 5.91. The minimum atomic E-state index is -2.62. The Bertz CT molecular complexity index is 799. The zero-order valence-electron chi connectivity index (χ0n) is 12.2. The van der Waals surface area contributed by atoms with Crippen molar-refractivity contribution in [3.8, 4) is 5.75 Å². The normalized spacial score (nSPS) is 13.0. The summed E-state index contributed by atoms with van der Waals surface area (Å²) < 4.78 is 30.4. The first-order chi connectivity index (χ1) is 11.5. The van der Waals surface area contributed by atoms with E-state index in [2.05, 4.69) is 10.6 Å². The Morgan fingerprint density at radius 2 is 2.04 bits per heavy atom. The molecule has 0 bridgehead atoms. The van der Waals surface area contributed by atoms with Gasteiger partial charge in [0.2, 0.25) is 0 Å². The lowest BCUT2D eigenvalue weighted by Crippen LogP contribution is -2.25. The van der Waals surface area contributed by atoms with Crippen LogP contribution in [0.5, 0.6) is 5.75 Å². The number of carbonyl (C=O) groups is 2. The third kappa shape index (κ3) is 3.65. The van der Waals surface area contributed by atoms with Crippen LogP contribution >= 0.6 is 11.8 Å². The minimum absolute atomic E-state index is 0.0586. The van der Waals surface area contributed by atoms with Crippen LogP contribution in [0.1, 0.15) is 10.4 Å². The highest BCUT2D eigenvalue weighted by Crippen LogP contribution is 2.32. The molecule has 0 radical (unpaired) electrons. The molecule has 3 rings (SSSR count). The number of carbonyl (C=O) groups excluding carboxylic acids is 2. The summed E-state index contributed by atoms with van der Waals surface area (Å²) in [6.45, 7) is -0.0586. The van der Waals surface area contributed by atoms with Gasteiger partial charge in [-0.2, -0.15) is 8.78 Å². The van der Waals surface area contributed by atoms with Crippen molar-refractivity contribution in [3.63, 3.8) is 0 Å². The Morgan fingerprint density at radius 1 is 1.25 bits per heavy atom. The summed E-state index contributed by atoms with van der Waals surface area (Å²) in [7, 11) is 0. The molecule has 0 aliphatic carbocycles. The predicted octanol–water partition coefficient (Wildman–Crippen LogP) is 3.58. The van der Waals surface area contributed by atoms with Crippen LogP contribution < -0.4 is 15.4 Å². The Labute approximate surface area is 140 Å². The van der Waals surface area contributed by atoms with Gasteiger partial charge in [0.1, 0.15) is 5.75 Å². The fraction of sp³-hybridized carbons (Fsp3) is 0.125. The molecule has 0 unspecified atom stereocenters. The van der Waals surface area contributed by atoms with Gasteiger partial charge in [-0.05, 0) is 30.3 Å². The number of hydrogen-bond acceptors (Lipinski definition) is 4. The molecule has 0 saturated heterocycles. The third-order valence-electron chi connectivity index (χ3n) is 3.22. The molecule has 0 saturated carbocycles. The molecule has 2 N–H and O–H groups in total. The summed E-state index contributed by atoms with van der Waals surface area (Å²) in [4.78, 5) is 23.9. The first-order valence-electron chi connectivity index (χ1n) is 6.95. The van der Waals surface area contributed by atoms with E-state index < -0.39 is 11.7 Å². The van der Waals surface area contributed by atoms with Crippen LogP contribution in [0.4, 0.5) is 20.2 Å². The molecule has 5 nitrogen and oxygen atoms in total. The van der Waals surface area contributed by atoms with E-state index in [0.717, 1.165) is 0 Å². The number of hydrogen-bond donors (Lipinski definition) is 2. The highest BCUT2D eigenvalue weighted by atomic mass is 32.2. The monoisotopic (exact) mass is 350 g/mol. The summed E-state index contributed by atoms with van der Waals surface area (Å²) in [5.41, 5.74) is 1.02. The predicted molar refractivity (Wildman–Crippen MR) is 86.8 cm³/mol. The van der Waals surface area contributed by atoms with Crippen molar-refractivity contribution >= 4 is 35.0 Å². The topological polar surface area (TPSA) is 67.4 Å². The molecule has 2 aromatic rings. The Morgan fingerprint density at radius 3 is 2.83 bits per heavy atom. The summed E-state index contributed by atoms with van der Waals surface area (Å²) in [5, 5.41) is 5.27. The third-order valence-corrected chi connectivity index (χ3v) is 4.01. The average Bonchev–Trinajstić information content (AvgIpc) is 2.54. The highest BCUT2D eigenvalue weighted by molar-refractivity contribution is 7.99. The lowest BCUT2D eigenvalue weighted by molar-refractivity contribution is -0.118. The zero-order valence-corrected chi connectivity index (χ0v) is 13.0. The number of ether oxygens (including phenoxy) is 1. The molecule has 2 amide bonds. The number of anilines is 2. The Hall–Kier alpha value is -2.61. The average molecular weight is 350 g/mol. The summed E-state index contributed by atoms with van der Waals surface area (Å²) in [6, 6.07) is 10.9. The fourth-order valence-corrected chi connectivity index (χ4v) is 2.85. The number of alkyl halides is 2. The van der Waals surface area contributed by atoms with E-state index >= 15 is 0 Å². The summed E-state index contributed by atoms with van der Waals surface area (Å²) in [6.07, 6.45) is 0. The van der Waals surface area contributed by atoms with Gasteiger partial charge in [-0.25, -0.2) is 0 Å².